The maximum atomic E-state index is 12.8. The molecule has 0 spiro atoms. The Morgan fingerprint density at radius 3 is 2.65 bits per heavy atom. The van der Waals surface area contributed by atoms with Crippen LogP contribution in [0.5, 0.6) is 0 Å². The van der Waals surface area contributed by atoms with Gasteiger partial charge in [-0.3, -0.25) is 9.78 Å². The molecule has 98 valence electrons. The third-order valence-electron chi connectivity index (χ3n) is 3.35. The number of benzene rings is 2. The molecule has 0 aliphatic carbocycles. The van der Waals surface area contributed by atoms with Crippen LogP contribution in [0.15, 0.2) is 54.9 Å². The molecule has 2 nitrogen and oxygen atoms in total. The van der Waals surface area contributed by atoms with Gasteiger partial charge in [-0.2, -0.15) is 0 Å². The summed E-state index contributed by atoms with van der Waals surface area (Å²) in [6.07, 6.45) is 3.44. The first-order valence-corrected chi connectivity index (χ1v) is 7.39. The summed E-state index contributed by atoms with van der Waals surface area (Å²) >= 11 is 2.23. The molecule has 0 radical (unpaired) electrons. The fourth-order valence-electron chi connectivity index (χ4n) is 2.27. The predicted octanol–water partition coefficient (Wildman–Crippen LogP) is 4.38. The third kappa shape index (κ3) is 2.22. The van der Waals surface area contributed by atoms with Gasteiger partial charge < -0.3 is 0 Å². The topological polar surface area (TPSA) is 30.0 Å². The van der Waals surface area contributed by atoms with Crippen LogP contribution >= 0.6 is 22.6 Å². The number of carbonyl (C=O) groups is 1. The molecule has 0 unspecified atom stereocenters. The largest absolute Gasteiger partial charge is 0.288 e. The van der Waals surface area contributed by atoms with Crippen LogP contribution in [0.1, 0.15) is 21.5 Å². The molecule has 2 aromatic carbocycles. The van der Waals surface area contributed by atoms with Crippen LogP contribution in [0.2, 0.25) is 0 Å². The summed E-state index contributed by atoms with van der Waals surface area (Å²) in [7, 11) is 0. The second-order valence-corrected chi connectivity index (χ2v) is 5.75. The van der Waals surface area contributed by atoms with Crippen LogP contribution in [-0.4, -0.2) is 10.8 Å². The molecule has 0 saturated heterocycles. The Bertz CT molecular complexity index is 806. The molecule has 0 saturated carbocycles. The highest BCUT2D eigenvalue weighted by Gasteiger charge is 2.16. The molecular formula is C17H12INO. The SMILES string of the molecule is Cc1cccc(C(=O)c2cncc3ccccc23)c1I. The number of hydrogen-bond acceptors (Lipinski definition) is 2. The number of pyridine rings is 1. The molecular weight excluding hydrogens is 361 g/mol. The molecule has 20 heavy (non-hydrogen) atoms. The van der Waals surface area contributed by atoms with E-state index >= 15 is 0 Å². The highest BCUT2D eigenvalue weighted by Crippen LogP contribution is 2.24. The van der Waals surface area contributed by atoms with Crippen LogP contribution in [0, 0.1) is 10.5 Å². The van der Waals surface area contributed by atoms with Gasteiger partial charge in [0.15, 0.2) is 5.78 Å². The second-order valence-electron chi connectivity index (χ2n) is 4.67. The van der Waals surface area contributed by atoms with Gasteiger partial charge in [0.25, 0.3) is 0 Å². The third-order valence-corrected chi connectivity index (χ3v) is 4.78. The highest BCUT2D eigenvalue weighted by atomic mass is 127. The molecule has 1 aromatic heterocycles. The first kappa shape index (κ1) is 13.2. The van der Waals surface area contributed by atoms with Crippen LogP contribution in [0.3, 0.4) is 0 Å². The number of nitrogens with zero attached hydrogens (tertiary/aromatic N) is 1. The molecule has 0 atom stereocenters. The number of ketones is 1. The standard InChI is InChI=1S/C17H12INO/c1-11-5-4-8-14(16(11)18)17(20)15-10-19-9-12-6-2-3-7-13(12)15/h2-10H,1H3. The molecule has 0 fully saturated rings. The van der Waals surface area contributed by atoms with Gasteiger partial charge >= 0.3 is 0 Å². The molecule has 0 N–H and O–H groups in total. The van der Waals surface area contributed by atoms with Crippen LogP contribution in [0.4, 0.5) is 0 Å². The van der Waals surface area contributed by atoms with E-state index in [9.17, 15) is 4.79 Å². The van der Waals surface area contributed by atoms with Crippen molar-refractivity contribution in [3.8, 4) is 0 Å². The van der Waals surface area contributed by atoms with Crippen molar-refractivity contribution >= 4 is 39.1 Å². The van der Waals surface area contributed by atoms with Crippen LogP contribution in [-0.2, 0) is 0 Å². The van der Waals surface area contributed by atoms with Crippen molar-refractivity contribution in [1.82, 2.24) is 4.98 Å². The van der Waals surface area contributed by atoms with Crippen LogP contribution in [0.25, 0.3) is 10.8 Å². The molecule has 3 aromatic rings. The van der Waals surface area contributed by atoms with E-state index in [0.29, 0.717) is 5.56 Å². The Kier molecular flexibility index (Phi) is 3.53. The lowest BCUT2D eigenvalue weighted by atomic mass is 9.99. The zero-order valence-electron chi connectivity index (χ0n) is 10.9. The number of hydrogen-bond donors (Lipinski definition) is 0. The average molecular weight is 373 g/mol. The van der Waals surface area contributed by atoms with Gasteiger partial charge in [-0.1, -0.05) is 36.4 Å². The molecule has 1 heterocycles. The summed E-state index contributed by atoms with van der Waals surface area (Å²) in [6.45, 7) is 2.01. The quantitative estimate of drug-likeness (QED) is 0.493. The van der Waals surface area contributed by atoms with E-state index in [1.165, 1.54) is 0 Å². The monoisotopic (exact) mass is 373 g/mol. The zero-order chi connectivity index (χ0) is 14.1. The summed E-state index contributed by atoms with van der Waals surface area (Å²) in [5, 5.41) is 1.94. The van der Waals surface area contributed by atoms with Crippen molar-refractivity contribution in [1.29, 1.82) is 0 Å². The Morgan fingerprint density at radius 2 is 1.80 bits per heavy atom. The van der Waals surface area contributed by atoms with Crippen molar-refractivity contribution < 1.29 is 4.79 Å². The Balaban J connectivity index is 2.21. The fraction of sp³-hybridized carbons (Fsp3) is 0.0588. The summed E-state index contributed by atoms with van der Waals surface area (Å²) < 4.78 is 1.00. The van der Waals surface area contributed by atoms with Crippen molar-refractivity contribution in [3.63, 3.8) is 0 Å². The minimum Gasteiger partial charge on any atom is -0.288 e. The second kappa shape index (κ2) is 5.32. The Hall–Kier alpha value is -1.75. The van der Waals surface area contributed by atoms with Crippen molar-refractivity contribution in [2.45, 2.75) is 6.92 Å². The minimum absolute atomic E-state index is 0.0300. The fourth-order valence-corrected chi connectivity index (χ4v) is 2.87. The number of aromatic nitrogens is 1. The number of rotatable bonds is 2. The zero-order valence-corrected chi connectivity index (χ0v) is 13.1. The Labute approximate surface area is 131 Å². The van der Waals surface area contributed by atoms with E-state index in [-0.39, 0.29) is 5.78 Å². The van der Waals surface area contributed by atoms with Gasteiger partial charge in [0, 0.05) is 32.5 Å². The maximum absolute atomic E-state index is 12.8. The number of halogens is 1. The van der Waals surface area contributed by atoms with E-state index in [4.69, 9.17) is 0 Å². The van der Waals surface area contributed by atoms with Gasteiger partial charge in [-0.15, -0.1) is 0 Å². The van der Waals surface area contributed by atoms with E-state index in [2.05, 4.69) is 27.6 Å². The number of fused-ring (bicyclic) bond motifs is 1. The van der Waals surface area contributed by atoms with Crippen molar-refractivity contribution in [2.24, 2.45) is 0 Å². The first-order valence-electron chi connectivity index (χ1n) is 6.31. The van der Waals surface area contributed by atoms with Gasteiger partial charge in [0.05, 0.1) is 0 Å². The van der Waals surface area contributed by atoms with Gasteiger partial charge in [-0.25, -0.2) is 0 Å². The molecule has 0 aliphatic rings. The highest BCUT2D eigenvalue weighted by molar-refractivity contribution is 14.1. The van der Waals surface area contributed by atoms with E-state index in [0.717, 1.165) is 25.5 Å². The van der Waals surface area contributed by atoms with Gasteiger partial charge in [-0.05, 0) is 46.5 Å². The van der Waals surface area contributed by atoms with Gasteiger partial charge in [0.1, 0.15) is 0 Å². The first-order chi connectivity index (χ1) is 9.68. The van der Waals surface area contributed by atoms with Gasteiger partial charge in [0.2, 0.25) is 0 Å². The molecule has 0 bridgehead atoms. The molecule has 0 amide bonds. The number of carbonyl (C=O) groups excluding carboxylic acids is 1. The molecule has 0 aliphatic heterocycles. The lowest BCUT2D eigenvalue weighted by molar-refractivity contribution is 0.103. The summed E-state index contributed by atoms with van der Waals surface area (Å²) in [4.78, 5) is 17.0. The molecule has 3 rings (SSSR count). The normalized spacial score (nSPS) is 10.7. The summed E-state index contributed by atoms with van der Waals surface area (Å²) in [6, 6.07) is 13.6. The van der Waals surface area contributed by atoms with E-state index in [1.807, 2.05) is 49.4 Å². The van der Waals surface area contributed by atoms with Crippen molar-refractivity contribution in [3.05, 3.63) is 75.1 Å². The Morgan fingerprint density at radius 1 is 1.00 bits per heavy atom. The summed E-state index contributed by atoms with van der Waals surface area (Å²) in [5.74, 6) is 0.0300. The average Bonchev–Trinajstić information content (AvgIpc) is 2.49. The van der Waals surface area contributed by atoms with E-state index in [1.54, 1.807) is 12.4 Å². The van der Waals surface area contributed by atoms with Crippen molar-refractivity contribution in [2.75, 3.05) is 0 Å². The lowest BCUT2D eigenvalue weighted by Gasteiger charge is -2.08. The summed E-state index contributed by atoms with van der Waals surface area (Å²) in [5.41, 5.74) is 2.51. The van der Waals surface area contributed by atoms with E-state index < -0.39 is 0 Å². The minimum atomic E-state index is 0.0300. The molecule has 3 heteroatoms. The number of aryl methyl sites for hydroxylation is 1. The lowest BCUT2D eigenvalue weighted by Crippen LogP contribution is -2.06. The maximum Gasteiger partial charge on any atom is 0.196 e. The predicted molar refractivity (Wildman–Crippen MR) is 89.1 cm³/mol. The smallest absolute Gasteiger partial charge is 0.196 e. The van der Waals surface area contributed by atoms with Crippen LogP contribution < -0.4 is 0 Å².